The molecule has 0 bridgehead atoms. The predicted molar refractivity (Wildman–Crippen MR) is 80.7 cm³/mol. The average molecular weight is 326 g/mol. The summed E-state index contributed by atoms with van der Waals surface area (Å²) >= 11 is 5.88. The second-order valence-corrected chi connectivity index (χ2v) is 4.64. The molecule has 0 unspecified atom stereocenters. The highest BCUT2D eigenvalue weighted by Crippen LogP contribution is 2.15. The Hall–Kier alpha value is -2.34. The van der Waals surface area contributed by atoms with E-state index in [-0.39, 0.29) is 23.6 Å². The van der Waals surface area contributed by atoms with Crippen LogP contribution in [0, 0.1) is 0 Å². The first-order valence-corrected chi connectivity index (χ1v) is 6.95. The summed E-state index contributed by atoms with van der Waals surface area (Å²) in [6.07, 6.45) is 2.41. The summed E-state index contributed by atoms with van der Waals surface area (Å²) < 4.78 is 4.67. The molecular formula is C15H16ClNO5. The standard InChI is InChI=1S/C15H16ClNO5/c1-2-22-13(18)9-5-8-12(15(20)21)17-14(19)10-6-3-4-7-11(10)16/h3-7,9,12H,2,8H2,1H3,(H,17,19)(H,20,21)/b9-5+/t12-/m1/s1. The average Bonchev–Trinajstić information content (AvgIpc) is 2.46. The third-order valence-electron chi connectivity index (χ3n) is 2.63. The van der Waals surface area contributed by atoms with Gasteiger partial charge in [-0.25, -0.2) is 9.59 Å². The number of nitrogens with one attached hydrogen (secondary N) is 1. The number of hydrogen-bond donors (Lipinski definition) is 2. The number of carbonyl (C=O) groups is 3. The third-order valence-corrected chi connectivity index (χ3v) is 2.96. The van der Waals surface area contributed by atoms with Crippen LogP contribution >= 0.6 is 11.6 Å². The van der Waals surface area contributed by atoms with E-state index in [1.54, 1.807) is 19.1 Å². The summed E-state index contributed by atoms with van der Waals surface area (Å²) in [7, 11) is 0. The van der Waals surface area contributed by atoms with E-state index in [2.05, 4.69) is 10.1 Å². The molecule has 1 rings (SSSR count). The Bertz CT molecular complexity index is 585. The van der Waals surface area contributed by atoms with Gasteiger partial charge in [-0.05, 0) is 25.5 Å². The number of carboxylic acid groups (broad SMARTS) is 1. The molecule has 1 atom stereocenters. The quantitative estimate of drug-likeness (QED) is 0.591. The van der Waals surface area contributed by atoms with Gasteiger partial charge in [0.05, 0.1) is 17.2 Å². The highest BCUT2D eigenvalue weighted by atomic mass is 35.5. The van der Waals surface area contributed by atoms with E-state index in [4.69, 9.17) is 16.7 Å². The van der Waals surface area contributed by atoms with Gasteiger partial charge in [-0.15, -0.1) is 0 Å². The number of esters is 1. The first kappa shape index (κ1) is 17.7. The first-order valence-electron chi connectivity index (χ1n) is 6.57. The molecule has 118 valence electrons. The summed E-state index contributed by atoms with van der Waals surface area (Å²) in [5.74, 6) is -2.37. The Morgan fingerprint density at radius 1 is 1.36 bits per heavy atom. The van der Waals surface area contributed by atoms with Gasteiger partial charge in [0.2, 0.25) is 0 Å². The van der Waals surface area contributed by atoms with E-state index in [1.807, 2.05) is 0 Å². The van der Waals surface area contributed by atoms with Gasteiger partial charge in [0, 0.05) is 6.08 Å². The van der Waals surface area contributed by atoms with Gasteiger partial charge in [-0.2, -0.15) is 0 Å². The van der Waals surface area contributed by atoms with Crippen LogP contribution in [0.3, 0.4) is 0 Å². The van der Waals surface area contributed by atoms with Gasteiger partial charge in [0.15, 0.2) is 0 Å². The molecule has 22 heavy (non-hydrogen) atoms. The Kier molecular flexibility index (Phi) is 7.12. The van der Waals surface area contributed by atoms with E-state index in [0.717, 1.165) is 6.08 Å². The highest BCUT2D eigenvalue weighted by Gasteiger charge is 2.20. The van der Waals surface area contributed by atoms with Crippen LogP contribution in [-0.4, -0.2) is 35.6 Å². The molecule has 1 aromatic rings. The summed E-state index contributed by atoms with van der Waals surface area (Å²) in [4.78, 5) is 34.3. The highest BCUT2D eigenvalue weighted by molar-refractivity contribution is 6.33. The molecule has 2 N–H and O–H groups in total. The summed E-state index contributed by atoms with van der Waals surface area (Å²) in [5, 5.41) is 11.7. The normalized spacial score (nSPS) is 11.9. The maximum Gasteiger partial charge on any atom is 0.330 e. The molecule has 0 radical (unpaired) electrons. The van der Waals surface area contributed by atoms with Crippen LogP contribution in [0.15, 0.2) is 36.4 Å². The molecule has 1 aromatic carbocycles. The lowest BCUT2D eigenvalue weighted by molar-refractivity contribution is -0.139. The topological polar surface area (TPSA) is 92.7 Å². The van der Waals surface area contributed by atoms with Crippen molar-refractivity contribution < 1.29 is 24.2 Å². The van der Waals surface area contributed by atoms with E-state index in [0.29, 0.717) is 0 Å². The number of aliphatic carboxylic acids is 1. The second kappa shape index (κ2) is 8.84. The van der Waals surface area contributed by atoms with Crippen molar-refractivity contribution in [1.82, 2.24) is 5.32 Å². The van der Waals surface area contributed by atoms with Crippen LogP contribution in [0.25, 0.3) is 0 Å². The lowest BCUT2D eigenvalue weighted by atomic mass is 10.1. The van der Waals surface area contributed by atoms with E-state index >= 15 is 0 Å². The summed E-state index contributed by atoms with van der Waals surface area (Å²) in [5.41, 5.74) is 0.185. The largest absolute Gasteiger partial charge is 0.480 e. The zero-order valence-corrected chi connectivity index (χ0v) is 12.7. The summed E-state index contributed by atoms with van der Waals surface area (Å²) in [6, 6.07) is 5.14. The van der Waals surface area contributed by atoms with Crippen LogP contribution in [-0.2, 0) is 14.3 Å². The van der Waals surface area contributed by atoms with Crippen LogP contribution in [0.4, 0.5) is 0 Å². The molecule has 0 fully saturated rings. The fraction of sp³-hybridized carbons (Fsp3) is 0.267. The van der Waals surface area contributed by atoms with Gasteiger partial charge in [-0.3, -0.25) is 4.79 Å². The molecule has 7 heteroatoms. The molecule has 0 aliphatic rings. The first-order chi connectivity index (χ1) is 10.5. The molecule has 0 saturated carbocycles. The Balaban J connectivity index is 2.69. The monoisotopic (exact) mass is 325 g/mol. The molecule has 0 spiro atoms. The fourth-order valence-electron chi connectivity index (χ4n) is 1.59. The van der Waals surface area contributed by atoms with Gasteiger partial charge in [0.25, 0.3) is 5.91 Å². The van der Waals surface area contributed by atoms with Crippen molar-refractivity contribution in [3.63, 3.8) is 0 Å². The molecule has 0 aliphatic heterocycles. The zero-order valence-electron chi connectivity index (χ0n) is 11.9. The van der Waals surface area contributed by atoms with Crippen molar-refractivity contribution in [3.8, 4) is 0 Å². The molecule has 0 heterocycles. The minimum absolute atomic E-state index is 0.0512. The Morgan fingerprint density at radius 2 is 2.05 bits per heavy atom. The predicted octanol–water partition coefficient (Wildman–Crippen LogP) is 2.03. The molecule has 0 saturated heterocycles. The minimum atomic E-state index is -1.21. The number of rotatable bonds is 7. The Labute approximate surface area is 132 Å². The lowest BCUT2D eigenvalue weighted by Gasteiger charge is -2.13. The zero-order chi connectivity index (χ0) is 16.5. The molecule has 1 amide bonds. The number of halogens is 1. The number of carboxylic acids is 1. The van der Waals surface area contributed by atoms with Crippen LogP contribution in [0.2, 0.25) is 5.02 Å². The van der Waals surface area contributed by atoms with Crippen LogP contribution < -0.4 is 5.32 Å². The molecular weight excluding hydrogens is 310 g/mol. The van der Waals surface area contributed by atoms with E-state index in [9.17, 15) is 14.4 Å². The van der Waals surface area contributed by atoms with Crippen LogP contribution in [0.5, 0.6) is 0 Å². The molecule has 0 aliphatic carbocycles. The van der Waals surface area contributed by atoms with Crippen LogP contribution in [0.1, 0.15) is 23.7 Å². The van der Waals surface area contributed by atoms with Gasteiger partial charge >= 0.3 is 11.9 Å². The van der Waals surface area contributed by atoms with Crippen molar-refractivity contribution in [2.24, 2.45) is 0 Å². The summed E-state index contributed by atoms with van der Waals surface area (Å²) in [6.45, 7) is 1.89. The van der Waals surface area contributed by atoms with Gasteiger partial charge in [-0.1, -0.05) is 29.8 Å². The number of benzene rings is 1. The van der Waals surface area contributed by atoms with Crippen molar-refractivity contribution in [2.45, 2.75) is 19.4 Å². The van der Waals surface area contributed by atoms with Gasteiger partial charge < -0.3 is 15.2 Å². The number of amides is 1. The third kappa shape index (κ3) is 5.57. The number of ether oxygens (including phenoxy) is 1. The fourth-order valence-corrected chi connectivity index (χ4v) is 1.82. The minimum Gasteiger partial charge on any atom is -0.480 e. The smallest absolute Gasteiger partial charge is 0.330 e. The lowest BCUT2D eigenvalue weighted by Crippen LogP contribution is -2.40. The van der Waals surface area contributed by atoms with E-state index in [1.165, 1.54) is 18.2 Å². The van der Waals surface area contributed by atoms with Crippen molar-refractivity contribution in [1.29, 1.82) is 0 Å². The molecule has 6 nitrogen and oxygen atoms in total. The van der Waals surface area contributed by atoms with Crippen molar-refractivity contribution in [2.75, 3.05) is 6.61 Å². The van der Waals surface area contributed by atoms with Crippen molar-refractivity contribution >= 4 is 29.4 Å². The maximum atomic E-state index is 12.0. The van der Waals surface area contributed by atoms with Crippen molar-refractivity contribution in [3.05, 3.63) is 47.0 Å². The Morgan fingerprint density at radius 3 is 2.64 bits per heavy atom. The molecule has 0 aromatic heterocycles. The SMILES string of the molecule is CCOC(=O)/C=C/C[C@@H](NC(=O)c1ccccc1Cl)C(=O)O. The maximum absolute atomic E-state index is 12.0. The number of hydrogen-bond acceptors (Lipinski definition) is 4. The number of carbonyl (C=O) groups excluding carboxylic acids is 2. The van der Waals surface area contributed by atoms with E-state index < -0.39 is 23.9 Å². The van der Waals surface area contributed by atoms with Gasteiger partial charge in [0.1, 0.15) is 6.04 Å². The second-order valence-electron chi connectivity index (χ2n) is 4.23.